The van der Waals surface area contributed by atoms with Gasteiger partial charge in [0.15, 0.2) is 0 Å². The Labute approximate surface area is 117 Å². The van der Waals surface area contributed by atoms with Crippen LogP contribution in [0.5, 0.6) is 0 Å². The lowest BCUT2D eigenvalue weighted by molar-refractivity contribution is 0.331. The van der Waals surface area contributed by atoms with E-state index in [0.29, 0.717) is 0 Å². The van der Waals surface area contributed by atoms with Gasteiger partial charge in [0.1, 0.15) is 0 Å². The van der Waals surface area contributed by atoms with Gasteiger partial charge in [-0.15, -0.1) is 0 Å². The number of hydrogen-bond acceptors (Lipinski definition) is 1. The summed E-state index contributed by atoms with van der Waals surface area (Å²) < 4.78 is 0. The zero-order valence-corrected chi connectivity index (χ0v) is 12.3. The Morgan fingerprint density at radius 2 is 2.16 bits per heavy atom. The van der Waals surface area contributed by atoms with Gasteiger partial charge >= 0.3 is 0 Å². The molecule has 107 valence electrons. The smallest absolute Gasteiger partial charge is 0.0642 e. The Balaban J connectivity index is 0. The van der Waals surface area contributed by atoms with E-state index in [1.807, 2.05) is 38.2 Å². The zero-order chi connectivity index (χ0) is 13.8. The Morgan fingerprint density at radius 3 is 2.58 bits per heavy atom. The van der Waals surface area contributed by atoms with Crippen molar-refractivity contribution < 1.29 is 10.6 Å². The van der Waals surface area contributed by atoms with Gasteiger partial charge < -0.3 is 10.6 Å². The Bertz CT molecular complexity index is 357. The van der Waals surface area contributed by atoms with Gasteiger partial charge in [-0.25, -0.2) is 0 Å². The van der Waals surface area contributed by atoms with E-state index in [-0.39, 0.29) is 12.1 Å². The fourth-order valence-corrected chi connectivity index (χ4v) is 1.49. The second-order valence-electron chi connectivity index (χ2n) is 4.10. The Kier molecular flexibility index (Phi) is 13.7. The second-order valence-corrected chi connectivity index (χ2v) is 4.10. The fraction of sp³-hybridized carbons (Fsp3) is 0.353. The van der Waals surface area contributed by atoms with Crippen LogP contribution < -0.4 is 0 Å². The maximum Gasteiger partial charge on any atom is 0.0642 e. The van der Waals surface area contributed by atoms with E-state index in [2.05, 4.69) is 32.1 Å². The predicted octanol–water partition coefficient (Wildman–Crippen LogP) is 3.72. The van der Waals surface area contributed by atoms with Gasteiger partial charge in [0, 0.05) is 6.42 Å². The lowest BCUT2D eigenvalue weighted by atomic mass is 9.95. The van der Waals surface area contributed by atoms with Crippen molar-refractivity contribution >= 4 is 0 Å². The molecule has 0 aromatic rings. The summed E-state index contributed by atoms with van der Waals surface area (Å²) in [5.74, 6) is 0. The molecular formula is C17H27O2. The largest absolute Gasteiger partial charge is 0.412 e. The van der Waals surface area contributed by atoms with Crippen LogP contribution in [0, 0.1) is 6.42 Å². The quantitative estimate of drug-likeness (QED) is 0.772. The average Bonchev–Trinajstić information content (AvgIpc) is 2.45. The highest BCUT2D eigenvalue weighted by atomic mass is 16.3. The Morgan fingerprint density at radius 1 is 1.47 bits per heavy atom. The first-order valence-corrected chi connectivity index (χ1v) is 6.43. The molecule has 0 atom stereocenters. The minimum Gasteiger partial charge on any atom is -0.412 e. The van der Waals surface area contributed by atoms with Gasteiger partial charge in [-0.2, -0.15) is 0 Å². The summed E-state index contributed by atoms with van der Waals surface area (Å²) in [6.07, 6.45) is 16.3. The van der Waals surface area contributed by atoms with E-state index in [1.165, 1.54) is 11.1 Å². The van der Waals surface area contributed by atoms with Crippen molar-refractivity contribution in [2.24, 2.45) is 0 Å². The molecule has 0 heterocycles. The highest BCUT2D eigenvalue weighted by molar-refractivity contribution is 5.38. The van der Waals surface area contributed by atoms with Crippen molar-refractivity contribution in [1.29, 1.82) is 0 Å². The molecule has 1 aliphatic carbocycles. The molecule has 19 heavy (non-hydrogen) atoms. The van der Waals surface area contributed by atoms with Gasteiger partial charge in [-0.1, -0.05) is 55.5 Å². The molecule has 0 unspecified atom stereocenters. The van der Waals surface area contributed by atoms with E-state index in [4.69, 9.17) is 5.11 Å². The van der Waals surface area contributed by atoms with E-state index < -0.39 is 0 Å². The molecule has 0 bridgehead atoms. The van der Waals surface area contributed by atoms with Crippen LogP contribution in [0.2, 0.25) is 0 Å². The maximum absolute atomic E-state index is 8.46. The third kappa shape index (κ3) is 9.23. The third-order valence-corrected chi connectivity index (χ3v) is 2.63. The highest BCUT2D eigenvalue weighted by Gasteiger charge is 2.02. The van der Waals surface area contributed by atoms with E-state index in [9.17, 15) is 0 Å². The van der Waals surface area contributed by atoms with Crippen LogP contribution in [0.4, 0.5) is 0 Å². The third-order valence-electron chi connectivity index (χ3n) is 2.63. The summed E-state index contributed by atoms with van der Waals surface area (Å²) in [7, 11) is 0. The van der Waals surface area contributed by atoms with Gasteiger partial charge in [-0.05, 0) is 37.8 Å². The topological polar surface area (TPSA) is 51.7 Å². The summed E-state index contributed by atoms with van der Waals surface area (Å²) >= 11 is 0. The van der Waals surface area contributed by atoms with Crippen LogP contribution in [0.1, 0.15) is 33.6 Å². The van der Waals surface area contributed by atoms with Gasteiger partial charge in [0.25, 0.3) is 0 Å². The number of rotatable bonds is 4. The average molecular weight is 263 g/mol. The molecule has 0 fully saturated rings. The first kappa shape index (κ1) is 19.9. The lowest BCUT2D eigenvalue weighted by Gasteiger charge is -2.10. The van der Waals surface area contributed by atoms with Gasteiger partial charge in [-0.3, -0.25) is 0 Å². The summed E-state index contributed by atoms with van der Waals surface area (Å²) in [5.41, 5.74) is 3.80. The maximum atomic E-state index is 8.46. The minimum absolute atomic E-state index is 0. The van der Waals surface area contributed by atoms with Crippen molar-refractivity contribution in [3.63, 3.8) is 0 Å². The van der Waals surface area contributed by atoms with Gasteiger partial charge in [0.2, 0.25) is 0 Å². The second kappa shape index (κ2) is 13.1. The van der Waals surface area contributed by atoms with Crippen molar-refractivity contribution in [2.45, 2.75) is 33.6 Å². The van der Waals surface area contributed by atoms with E-state index in [1.54, 1.807) is 0 Å². The molecule has 3 N–H and O–H groups in total. The molecule has 1 aliphatic rings. The predicted molar refractivity (Wildman–Crippen MR) is 84.8 cm³/mol. The van der Waals surface area contributed by atoms with Crippen LogP contribution in [-0.4, -0.2) is 17.2 Å². The molecule has 0 spiro atoms. The molecule has 0 aromatic heterocycles. The van der Waals surface area contributed by atoms with E-state index in [0.717, 1.165) is 18.4 Å². The summed E-state index contributed by atoms with van der Waals surface area (Å²) in [6, 6.07) is 0. The highest BCUT2D eigenvalue weighted by Crippen LogP contribution is 2.21. The first-order chi connectivity index (χ1) is 8.69. The van der Waals surface area contributed by atoms with E-state index >= 15 is 0 Å². The number of aliphatic hydroxyl groups excluding tert-OH is 1. The number of allylic oxidation sites excluding steroid dienone is 8. The van der Waals surface area contributed by atoms with Crippen molar-refractivity contribution in [3.05, 3.63) is 66.2 Å². The minimum atomic E-state index is 0. The summed E-state index contributed by atoms with van der Waals surface area (Å²) in [5, 5.41) is 8.46. The molecule has 2 heteroatoms. The van der Waals surface area contributed by atoms with Crippen LogP contribution in [0.15, 0.2) is 59.8 Å². The molecule has 0 aliphatic heterocycles. The molecule has 1 radical (unpaired) electrons. The van der Waals surface area contributed by atoms with Crippen LogP contribution in [0.3, 0.4) is 0 Å². The monoisotopic (exact) mass is 263 g/mol. The normalized spacial score (nSPS) is 14.8. The van der Waals surface area contributed by atoms with Crippen molar-refractivity contribution in [3.8, 4) is 0 Å². The first-order valence-electron chi connectivity index (χ1n) is 6.43. The lowest BCUT2D eigenvalue weighted by Crippen LogP contribution is -1.92. The SMILES string of the molecule is C/C=C\C=C(/C)CO.C=CC1=C(CC)[CH]C=CC1.O. The Hall–Kier alpha value is -1.38. The molecular weight excluding hydrogens is 236 g/mol. The van der Waals surface area contributed by atoms with Crippen LogP contribution >= 0.6 is 0 Å². The standard InChI is InChI=1S/C10H13.C7H12O.H2O/c1-3-9-7-5-6-8-10(9)4-2;1-3-4-5-7(2)6-8;/h3,5-6,8H,1,4,7H2,2H3;3-5,8H,6H2,1-2H3;1H2/b;4-3-,7-5+;. The molecule has 0 aromatic carbocycles. The van der Waals surface area contributed by atoms with Gasteiger partial charge in [0.05, 0.1) is 6.61 Å². The molecule has 0 saturated heterocycles. The molecule has 0 amide bonds. The van der Waals surface area contributed by atoms with Crippen LogP contribution in [-0.2, 0) is 0 Å². The number of aliphatic hydroxyl groups is 1. The van der Waals surface area contributed by atoms with Crippen LogP contribution in [0.25, 0.3) is 0 Å². The van der Waals surface area contributed by atoms with Crippen molar-refractivity contribution in [1.82, 2.24) is 0 Å². The summed E-state index contributed by atoms with van der Waals surface area (Å²) in [4.78, 5) is 0. The molecule has 2 nitrogen and oxygen atoms in total. The fourth-order valence-electron chi connectivity index (χ4n) is 1.49. The van der Waals surface area contributed by atoms with Crippen molar-refractivity contribution in [2.75, 3.05) is 6.61 Å². The molecule has 0 saturated carbocycles. The summed E-state index contributed by atoms with van der Waals surface area (Å²) in [6.45, 7) is 9.94. The zero-order valence-electron chi connectivity index (χ0n) is 12.3. The molecule has 1 rings (SSSR count). The number of hydrogen-bond donors (Lipinski definition) is 1.